The summed E-state index contributed by atoms with van der Waals surface area (Å²) in [5, 5.41) is 0.725. The number of nitrogens with zero attached hydrogens (tertiary/aromatic N) is 1. The zero-order valence-corrected chi connectivity index (χ0v) is 13.4. The summed E-state index contributed by atoms with van der Waals surface area (Å²) >= 11 is 11.9. The molecule has 5 nitrogen and oxygen atoms in total. The summed E-state index contributed by atoms with van der Waals surface area (Å²) in [5.74, 6) is -0.662. The minimum Gasteiger partial charge on any atom is -0.469 e. The minimum atomic E-state index is -0.382. The van der Waals surface area contributed by atoms with E-state index >= 15 is 0 Å². The predicted molar refractivity (Wildman–Crippen MR) is 80.9 cm³/mol. The van der Waals surface area contributed by atoms with E-state index in [1.165, 1.54) is 25.2 Å². The predicted octanol–water partition coefficient (Wildman–Crippen LogP) is 2.65. The molecule has 0 aromatic heterocycles. The average Bonchev–Trinajstić information content (AvgIpc) is 2.46. The molecule has 1 amide bonds. The molecule has 0 atom stereocenters. The van der Waals surface area contributed by atoms with Crippen molar-refractivity contribution < 1.29 is 19.1 Å². The Morgan fingerprint density at radius 2 is 1.90 bits per heavy atom. The monoisotopic (exact) mass is 333 g/mol. The summed E-state index contributed by atoms with van der Waals surface area (Å²) in [6.45, 7) is 0.942. The molecule has 7 heteroatoms. The van der Waals surface area contributed by atoms with Crippen LogP contribution in [0.15, 0.2) is 18.2 Å². The molecule has 0 saturated carbocycles. The molecule has 0 heterocycles. The van der Waals surface area contributed by atoms with Gasteiger partial charge in [0.05, 0.1) is 30.7 Å². The summed E-state index contributed by atoms with van der Waals surface area (Å²) in [6.07, 6.45) is 0.108. The third-order valence-corrected chi connectivity index (χ3v) is 3.38. The van der Waals surface area contributed by atoms with Crippen molar-refractivity contribution in [2.24, 2.45) is 0 Å². The van der Waals surface area contributed by atoms with Gasteiger partial charge < -0.3 is 14.4 Å². The number of esters is 1. The van der Waals surface area contributed by atoms with Gasteiger partial charge in [-0.05, 0) is 18.2 Å². The van der Waals surface area contributed by atoms with Crippen molar-refractivity contribution in [3.05, 3.63) is 33.8 Å². The van der Waals surface area contributed by atoms with Crippen LogP contribution < -0.4 is 0 Å². The van der Waals surface area contributed by atoms with Crippen LogP contribution in [-0.4, -0.2) is 50.7 Å². The number of benzene rings is 1. The second-order valence-corrected chi connectivity index (χ2v) is 5.08. The third-order valence-electron chi connectivity index (χ3n) is 2.83. The number of carbonyl (C=O) groups is 2. The molecule has 1 aromatic rings. The highest BCUT2D eigenvalue weighted by Gasteiger charge is 2.19. The molecule has 116 valence electrons. The van der Waals surface area contributed by atoms with Gasteiger partial charge in [0.2, 0.25) is 0 Å². The SMILES string of the molecule is COCCN(CCC(=O)OC)C(=O)c1ccc(Cl)cc1Cl. The van der Waals surface area contributed by atoms with Crippen LogP contribution in [0.25, 0.3) is 0 Å². The lowest BCUT2D eigenvalue weighted by Crippen LogP contribution is -2.36. The quantitative estimate of drug-likeness (QED) is 0.720. The Balaban J connectivity index is 2.85. The van der Waals surface area contributed by atoms with E-state index in [2.05, 4.69) is 4.74 Å². The van der Waals surface area contributed by atoms with Gasteiger partial charge in [-0.3, -0.25) is 9.59 Å². The molecule has 1 aromatic carbocycles. The highest BCUT2D eigenvalue weighted by Crippen LogP contribution is 2.22. The summed E-state index contributed by atoms with van der Waals surface area (Å²) in [4.78, 5) is 25.2. The number of halogens is 2. The van der Waals surface area contributed by atoms with Gasteiger partial charge in [0.25, 0.3) is 5.91 Å². The molecule has 0 bridgehead atoms. The maximum absolute atomic E-state index is 12.5. The second-order valence-electron chi connectivity index (χ2n) is 4.24. The van der Waals surface area contributed by atoms with Crippen LogP contribution in [0, 0.1) is 0 Å². The average molecular weight is 334 g/mol. The molecule has 0 spiro atoms. The summed E-state index contributed by atoms with van der Waals surface area (Å²) in [7, 11) is 2.85. The van der Waals surface area contributed by atoms with Crippen molar-refractivity contribution in [1.82, 2.24) is 4.90 Å². The summed E-state index contributed by atoms with van der Waals surface area (Å²) in [5.41, 5.74) is 0.335. The van der Waals surface area contributed by atoms with Crippen molar-refractivity contribution in [1.29, 1.82) is 0 Å². The first-order valence-corrected chi connectivity index (χ1v) is 7.05. The Morgan fingerprint density at radius 3 is 2.48 bits per heavy atom. The van der Waals surface area contributed by atoms with Gasteiger partial charge in [0, 0.05) is 25.2 Å². The fourth-order valence-electron chi connectivity index (χ4n) is 1.68. The number of hydrogen-bond donors (Lipinski definition) is 0. The van der Waals surface area contributed by atoms with Crippen LogP contribution in [0.1, 0.15) is 16.8 Å². The minimum absolute atomic E-state index is 0.108. The number of carbonyl (C=O) groups excluding carboxylic acids is 2. The number of methoxy groups -OCH3 is 2. The molecule has 0 N–H and O–H groups in total. The Kier molecular flexibility index (Phi) is 7.50. The molecular formula is C14H17Cl2NO4. The highest BCUT2D eigenvalue weighted by molar-refractivity contribution is 6.36. The normalized spacial score (nSPS) is 10.3. The van der Waals surface area contributed by atoms with E-state index in [0.717, 1.165) is 0 Å². The first-order valence-electron chi connectivity index (χ1n) is 6.29. The van der Waals surface area contributed by atoms with E-state index < -0.39 is 0 Å². The van der Waals surface area contributed by atoms with Crippen LogP contribution in [0.3, 0.4) is 0 Å². The van der Waals surface area contributed by atoms with Crippen molar-refractivity contribution >= 4 is 35.1 Å². The fraction of sp³-hybridized carbons (Fsp3) is 0.429. The molecule has 0 aliphatic rings. The first kappa shape index (κ1) is 17.8. The van der Waals surface area contributed by atoms with E-state index in [-0.39, 0.29) is 29.9 Å². The zero-order valence-electron chi connectivity index (χ0n) is 11.9. The Hall–Kier alpha value is -1.30. The molecule has 0 saturated heterocycles. The Labute approximate surface area is 133 Å². The van der Waals surface area contributed by atoms with Crippen LogP contribution >= 0.6 is 23.2 Å². The van der Waals surface area contributed by atoms with Gasteiger partial charge in [-0.15, -0.1) is 0 Å². The lowest BCUT2D eigenvalue weighted by molar-refractivity contribution is -0.140. The third kappa shape index (κ3) is 5.53. The molecule has 0 aliphatic heterocycles. The summed E-state index contributed by atoms with van der Waals surface area (Å²) < 4.78 is 9.56. The van der Waals surface area contributed by atoms with Gasteiger partial charge in [-0.1, -0.05) is 23.2 Å². The number of rotatable bonds is 7. The van der Waals surface area contributed by atoms with Gasteiger partial charge in [-0.2, -0.15) is 0 Å². The molecule has 0 fully saturated rings. The maximum atomic E-state index is 12.5. The molecule has 21 heavy (non-hydrogen) atoms. The van der Waals surface area contributed by atoms with Crippen LogP contribution in [0.4, 0.5) is 0 Å². The van der Waals surface area contributed by atoms with E-state index in [1.807, 2.05) is 0 Å². The highest BCUT2D eigenvalue weighted by atomic mass is 35.5. The fourth-order valence-corrected chi connectivity index (χ4v) is 2.17. The van der Waals surface area contributed by atoms with Crippen molar-refractivity contribution in [3.8, 4) is 0 Å². The second kappa shape index (κ2) is 8.87. The smallest absolute Gasteiger partial charge is 0.307 e. The van der Waals surface area contributed by atoms with E-state index in [1.54, 1.807) is 12.1 Å². The van der Waals surface area contributed by atoms with E-state index in [4.69, 9.17) is 27.9 Å². The lowest BCUT2D eigenvalue weighted by atomic mass is 10.2. The largest absolute Gasteiger partial charge is 0.469 e. The van der Waals surface area contributed by atoms with Crippen LogP contribution in [-0.2, 0) is 14.3 Å². The van der Waals surface area contributed by atoms with Crippen molar-refractivity contribution in [3.63, 3.8) is 0 Å². The lowest BCUT2D eigenvalue weighted by Gasteiger charge is -2.22. The zero-order chi connectivity index (χ0) is 15.8. The standard InChI is InChI=1S/C14H17Cl2NO4/c1-20-8-7-17(6-5-13(18)21-2)14(19)11-4-3-10(15)9-12(11)16/h3-4,9H,5-8H2,1-2H3. The maximum Gasteiger partial charge on any atom is 0.307 e. The molecule has 0 aliphatic carbocycles. The van der Waals surface area contributed by atoms with Crippen molar-refractivity contribution in [2.75, 3.05) is 33.9 Å². The molecule has 0 radical (unpaired) electrons. The number of ether oxygens (including phenoxy) is 2. The summed E-state index contributed by atoms with van der Waals surface area (Å²) in [6, 6.07) is 4.66. The molecule has 1 rings (SSSR count). The van der Waals surface area contributed by atoms with Gasteiger partial charge in [0.15, 0.2) is 0 Å². The molecule has 0 unspecified atom stereocenters. The topological polar surface area (TPSA) is 55.8 Å². The van der Waals surface area contributed by atoms with E-state index in [0.29, 0.717) is 23.7 Å². The van der Waals surface area contributed by atoms with Gasteiger partial charge in [-0.25, -0.2) is 0 Å². The van der Waals surface area contributed by atoms with E-state index in [9.17, 15) is 9.59 Å². The van der Waals surface area contributed by atoms with Crippen LogP contribution in [0.2, 0.25) is 10.0 Å². The van der Waals surface area contributed by atoms with Gasteiger partial charge >= 0.3 is 5.97 Å². The van der Waals surface area contributed by atoms with Gasteiger partial charge in [0.1, 0.15) is 0 Å². The van der Waals surface area contributed by atoms with Crippen LogP contribution in [0.5, 0.6) is 0 Å². The molecular weight excluding hydrogens is 317 g/mol. The first-order chi connectivity index (χ1) is 9.99. The van der Waals surface area contributed by atoms with Crippen molar-refractivity contribution in [2.45, 2.75) is 6.42 Å². The Bertz CT molecular complexity index is 508. The Morgan fingerprint density at radius 1 is 1.19 bits per heavy atom. The number of hydrogen-bond acceptors (Lipinski definition) is 4. The number of amides is 1.